The minimum Gasteiger partial charge on any atom is -0.481 e. The minimum absolute atomic E-state index is 0.105. The first-order chi connectivity index (χ1) is 14.6. The number of sulfonamides is 1. The molecule has 1 amide bonds. The van der Waals surface area contributed by atoms with Crippen LogP contribution in [0.4, 0.5) is 11.4 Å². The molecule has 3 aromatic carbocycles. The first-order valence-corrected chi connectivity index (χ1v) is 11.4. The Morgan fingerprint density at radius 1 is 0.903 bits per heavy atom. The van der Waals surface area contributed by atoms with Crippen LogP contribution in [0.15, 0.2) is 71.6 Å². The van der Waals surface area contributed by atoms with E-state index in [9.17, 15) is 13.2 Å². The molecule has 3 rings (SSSR count). The Morgan fingerprint density at radius 2 is 1.52 bits per heavy atom. The van der Waals surface area contributed by atoms with Gasteiger partial charge in [-0.15, -0.1) is 0 Å². The third-order valence-electron chi connectivity index (χ3n) is 4.70. The number of benzene rings is 3. The van der Waals surface area contributed by atoms with E-state index in [1.54, 1.807) is 31.2 Å². The lowest BCUT2D eigenvalue weighted by Gasteiger charge is -2.16. The van der Waals surface area contributed by atoms with Gasteiger partial charge in [-0.2, -0.15) is 0 Å². The van der Waals surface area contributed by atoms with Gasteiger partial charge < -0.3 is 10.1 Å². The second-order valence-electron chi connectivity index (χ2n) is 7.52. The molecule has 0 unspecified atom stereocenters. The average Bonchev–Trinajstić information content (AvgIpc) is 2.69. The zero-order valence-corrected chi connectivity index (χ0v) is 18.8. The Balaban J connectivity index is 1.65. The Morgan fingerprint density at radius 3 is 2.13 bits per heavy atom. The summed E-state index contributed by atoms with van der Waals surface area (Å²) < 4.78 is 33.6. The number of carbonyl (C=O) groups excluding carboxylic acids is 1. The molecule has 3 aromatic rings. The van der Waals surface area contributed by atoms with Gasteiger partial charge in [-0.25, -0.2) is 8.42 Å². The van der Waals surface area contributed by atoms with Gasteiger partial charge in [-0.1, -0.05) is 24.3 Å². The van der Waals surface area contributed by atoms with Crippen molar-refractivity contribution >= 4 is 27.3 Å². The molecular formula is C24H26N2O4S. The summed E-state index contributed by atoms with van der Waals surface area (Å²) in [7, 11) is -3.73. The number of nitrogens with one attached hydrogen (secondary N) is 2. The van der Waals surface area contributed by atoms with Crippen molar-refractivity contribution in [2.45, 2.75) is 38.7 Å². The lowest BCUT2D eigenvalue weighted by Crippen LogP contribution is -2.30. The number of carbonyl (C=O) groups is 1. The van der Waals surface area contributed by atoms with Crippen molar-refractivity contribution in [2.24, 2.45) is 0 Å². The first kappa shape index (κ1) is 22.4. The summed E-state index contributed by atoms with van der Waals surface area (Å²) >= 11 is 0. The number of hydrogen-bond donors (Lipinski definition) is 2. The van der Waals surface area contributed by atoms with E-state index in [0.29, 0.717) is 17.1 Å². The van der Waals surface area contributed by atoms with Gasteiger partial charge in [0, 0.05) is 5.69 Å². The number of hydrogen-bond acceptors (Lipinski definition) is 4. The molecule has 1 atom stereocenters. The van der Waals surface area contributed by atoms with Crippen LogP contribution in [0.1, 0.15) is 23.6 Å². The summed E-state index contributed by atoms with van der Waals surface area (Å²) in [5.74, 6) is 0.302. The number of amides is 1. The van der Waals surface area contributed by atoms with Crippen molar-refractivity contribution < 1.29 is 17.9 Å². The molecular weight excluding hydrogens is 412 g/mol. The predicted octanol–water partition coefficient (Wildman–Crippen LogP) is 4.82. The molecule has 0 aliphatic heterocycles. The molecule has 0 aromatic heterocycles. The molecule has 0 aliphatic rings. The van der Waals surface area contributed by atoms with Crippen LogP contribution in [0.3, 0.4) is 0 Å². The van der Waals surface area contributed by atoms with Gasteiger partial charge in [-0.05, 0) is 86.8 Å². The van der Waals surface area contributed by atoms with Gasteiger partial charge >= 0.3 is 0 Å². The van der Waals surface area contributed by atoms with E-state index in [-0.39, 0.29) is 10.8 Å². The van der Waals surface area contributed by atoms with Crippen molar-refractivity contribution in [1.29, 1.82) is 0 Å². The fraction of sp³-hybridized carbons (Fsp3) is 0.208. The van der Waals surface area contributed by atoms with E-state index in [4.69, 9.17) is 4.74 Å². The Hall–Kier alpha value is -3.32. The van der Waals surface area contributed by atoms with E-state index in [1.165, 1.54) is 12.1 Å². The molecule has 2 N–H and O–H groups in total. The van der Waals surface area contributed by atoms with Crippen molar-refractivity contribution in [3.63, 3.8) is 0 Å². The summed E-state index contributed by atoms with van der Waals surface area (Å²) in [5, 5.41) is 2.75. The predicted molar refractivity (Wildman–Crippen MR) is 123 cm³/mol. The average molecular weight is 439 g/mol. The molecule has 0 saturated heterocycles. The Kier molecular flexibility index (Phi) is 6.65. The van der Waals surface area contributed by atoms with Gasteiger partial charge in [0.15, 0.2) is 6.10 Å². The van der Waals surface area contributed by atoms with Crippen molar-refractivity contribution in [2.75, 3.05) is 10.0 Å². The molecule has 0 fully saturated rings. The Labute approximate surface area is 183 Å². The number of anilines is 2. The third-order valence-corrected chi connectivity index (χ3v) is 6.08. The second-order valence-corrected chi connectivity index (χ2v) is 9.20. The van der Waals surface area contributed by atoms with Crippen LogP contribution in [0.5, 0.6) is 5.75 Å². The summed E-state index contributed by atoms with van der Waals surface area (Å²) in [6, 6.07) is 18.9. The van der Waals surface area contributed by atoms with Crippen molar-refractivity contribution in [3.05, 3.63) is 83.4 Å². The smallest absolute Gasteiger partial charge is 0.265 e. The number of aryl methyl sites for hydroxylation is 3. The summed E-state index contributed by atoms with van der Waals surface area (Å²) in [6.45, 7) is 7.43. The molecule has 0 spiro atoms. The van der Waals surface area contributed by atoms with Crippen LogP contribution >= 0.6 is 0 Å². The molecule has 0 saturated carbocycles. The van der Waals surface area contributed by atoms with Crippen LogP contribution in [0.25, 0.3) is 0 Å². The number of ether oxygens (including phenoxy) is 1. The summed E-state index contributed by atoms with van der Waals surface area (Å²) in [4.78, 5) is 12.6. The summed E-state index contributed by atoms with van der Waals surface area (Å²) in [6.07, 6.45) is -0.715. The quantitative estimate of drug-likeness (QED) is 0.554. The highest BCUT2D eigenvalue weighted by molar-refractivity contribution is 7.92. The highest BCUT2D eigenvalue weighted by Crippen LogP contribution is 2.21. The van der Waals surface area contributed by atoms with Crippen LogP contribution in [0.2, 0.25) is 0 Å². The second kappa shape index (κ2) is 9.22. The van der Waals surface area contributed by atoms with Crippen molar-refractivity contribution in [1.82, 2.24) is 0 Å². The van der Waals surface area contributed by atoms with Crippen molar-refractivity contribution in [3.8, 4) is 5.75 Å². The first-order valence-electron chi connectivity index (χ1n) is 9.88. The largest absolute Gasteiger partial charge is 0.481 e. The van der Waals surface area contributed by atoms with Gasteiger partial charge in [-0.3, -0.25) is 9.52 Å². The standard InChI is InChI=1S/C24H26N2O4S/c1-16-13-17(2)15-21(14-16)30-19(4)24(27)25-20-9-11-22(12-10-20)31(28,29)26-23-8-6-5-7-18(23)3/h5-15,19,26H,1-4H3,(H,25,27)/t19-/m0/s1. The van der Waals surface area contributed by atoms with E-state index in [2.05, 4.69) is 10.0 Å². The molecule has 0 heterocycles. The van der Waals surface area contributed by atoms with Crippen LogP contribution < -0.4 is 14.8 Å². The summed E-state index contributed by atoms with van der Waals surface area (Å²) in [5.41, 5.74) is 3.94. The zero-order chi connectivity index (χ0) is 22.6. The van der Waals surface area contributed by atoms with Gasteiger partial charge in [0.05, 0.1) is 10.6 Å². The lowest BCUT2D eigenvalue weighted by atomic mass is 10.1. The molecule has 0 radical (unpaired) electrons. The SMILES string of the molecule is Cc1cc(C)cc(O[C@@H](C)C(=O)Nc2ccc(S(=O)(=O)Nc3ccccc3C)cc2)c1. The lowest BCUT2D eigenvalue weighted by molar-refractivity contribution is -0.122. The maximum atomic E-state index is 12.6. The van der Waals surface area contributed by atoms with Gasteiger partial charge in [0.2, 0.25) is 0 Å². The Bertz CT molecular complexity index is 1170. The van der Waals surface area contributed by atoms with E-state index >= 15 is 0 Å². The van der Waals surface area contributed by atoms with Crippen LogP contribution in [-0.2, 0) is 14.8 Å². The highest BCUT2D eigenvalue weighted by Gasteiger charge is 2.18. The van der Waals surface area contributed by atoms with Gasteiger partial charge in [0.1, 0.15) is 5.75 Å². The highest BCUT2D eigenvalue weighted by atomic mass is 32.2. The van der Waals surface area contributed by atoms with E-state index < -0.39 is 16.1 Å². The minimum atomic E-state index is -3.73. The molecule has 0 aliphatic carbocycles. The number of rotatable bonds is 7. The maximum Gasteiger partial charge on any atom is 0.265 e. The molecule has 0 bridgehead atoms. The van der Waals surface area contributed by atoms with Crippen LogP contribution in [-0.4, -0.2) is 20.4 Å². The fourth-order valence-electron chi connectivity index (χ4n) is 3.11. The third kappa shape index (κ3) is 5.86. The monoisotopic (exact) mass is 438 g/mol. The fourth-order valence-corrected chi connectivity index (χ4v) is 4.24. The van der Waals surface area contributed by atoms with Gasteiger partial charge in [0.25, 0.3) is 15.9 Å². The molecule has 7 heteroatoms. The topological polar surface area (TPSA) is 84.5 Å². The van der Waals surface area contributed by atoms with E-state index in [0.717, 1.165) is 16.7 Å². The normalized spacial score (nSPS) is 12.1. The zero-order valence-electron chi connectivity index (χ0n) is 18.0. The maximum absolute atomic E-state index is 12.6. The molecule has 31 heavy (non-hydrogen) atoms. The van der Waals surface area contributed by atoms with E-state index in [1.807, 2.05) is 51.1 Å². The number of para-hydroxylation sites is 1. The molecule has 162 valence electrons. The van der Waals surface area contributed by atoms with Crippen LogP contribution in [0, 0.1) is 20.8 Å². The molecule has 6 nitrogen and oxygen atoms in total.